The number of nitrogens with one attached hydrogen (secondary N) is 5. The summed E-state index contributed by atoms with van der Waals surface area (Å²) in [5, 5.41) is 45.3. The van der Waals surface area contributed by atoms with Crippen LogP contribution in [0.3, 0.4) is 0 Å². The van der Waals surface area contributed by atoms with Crippen LogP contribution in [0.2, 0.25) is 0 Å². The number of aliphatic hydroxyl groups is 1. The number of aliphatic hydroxyl groups excluding tert-OH is 1. The molecule has 0 radical (unpaired) electrons. The van der Waals surface area contributed by atoms with Crippen molar-refractivity contribution in [2.24, 2.45) is 5.73 Å². The number of carbonyl (C=O) groups is 9. The van der Waals surface area contributed by atoms with Crippen LogP contribution < -0.4 is 32.3 Å². The van der Waals surface area contributed by atoms with Crippen LogP contribution in [0.4, 0.5) is 0 Å². The fraction of sp³-hybridized carbons (Fsp3) is 0.618. The van der Waals surface area contributed by atoms with Crippen molar-refractivity contribution >= 4 is 53.2 Å². The van der Waals surface area contributed by atoms with Crippen LogP contribution in [0.1, 0.15) is 155 Å². The number of primary amides is 1. The molecule has 4 bridgehead atoms. The van der Waals surface area contributed by atoms with E-state index in [2.05, 4.69) is 33.5 Å². The number of nitrogens with zero attached hydrogens (tertiary/aromatic N) is 3. The molecule has 420 valence electrons. The SMILES string of the molecule is CCCCCCCCCCCCCCCC(=O)N(CC)C(CO)C(=O)NC(C)C(=O)NCC(=O)N(C)C1C(=O)NC(C)C(=O)NC(C(=O)NC(C)C(=O)N2CCCC2C(N)=O)Cc2ccc(O)c(c2)-c2cc1ccc2O. The van der Waals surface area contributed by atoms with Gasteiger partial charge < -0.3 is 62.3 Å². The van der Waals surface area contributed by atoms with Gasteiger partial charge in [-0.1, -0.05) is 96.1 Å². The van der Waals surface area contributed by atoms with Gasteiger partial charge in [-0.15, -0.1) is 0 Å². The number of likely N-dealkylation sites (N-methyl/N-ethyl adjacent to an activating group) is 2. The average molecular weight is 1060 g/mol. The van der Waals surface area contributed by atoms with Crippen LogP contribution in [0.25, 0.3) is 11.1 Å². The molecule has 9 amide bonds. The van der Waals surface area contributed by atoms with E-state index in [1.807, 2.05) is 0 Å². The van der Waals surface area contributed by atoms with Gasteiger partial charge in [-0.2, -0.15) is 0 Å². The van der Waals surface area contributed by atoms with Gasteiger partial charge in [-0.25, -0.2) is 0 Å². The highest BCUT2D eigenvalue weighted by Gasteiger charge is 2.38. The minimum absolute atomic E-state index is 0.0430. The summed E-state index contributed by atoms with van der Waals surface area (Å²) in [6.45, 7) is 7.11. The topological polar surface area (TPSA) is 310 Å². The Labute approximate surface area is 446 Å². The van der Waals surface area contributed by atoms with Gasteiger partial charge in [0.2, 0.25) is 53.2 Å². The molecule has 2 aliphatic heterocycles. The zero-order valence-corrected chi connectivity index (χ0v) is 45.3. The van der Waals surface area contributed by atoms with Crippen molar-refractivity contribution in [3.05, 3.63) is 47.5 Å². The fourth-order valence-electron chi connectivity index (χ4n) is 9.76. The maximum atomic E-state index is 14.3. The Hall–Kier alpha value is -6.77. The summed E-state index contributed by atoms with van der Waals surface area (Å²) >= 11 is 0. The van der Waals surface area contributed by atoms with E-state index in [9.17, 15) is 58.5 Å². The number of benzene rings is 2. The number of nitrogens with two attached hydrogens (primary N) is 1. The van der Waals surface area contributed by atoms with E-state index < -0.39 is 103 Å². The molecule has 4 rings (SSSR count). The second-order valence-electron chi connectivity index (χ2n) is 20.2. The minimum Gasteiger partial charge on any atom is -0.507 e. The number of hydrogen-bond acceptors (Lipinski definition) is 12. The molecule has 7 unspecified atom stereocenters. The highest BCUT2D eigenvalue weighted by Crippen LogP contribution is 2.39. The number of likely N-dealkylation sites (tertiary alicyclic amines) is 1. The van der Waals surface area contributed by atoms with Gasteiger partial charge in [0.1, 0.15) is 53.8 Å². The fourth-order valence-corrected chi connectivity index (χ4v) is 9.76. The van der Waals surface area contributed by atoms with Gasteiger partial charge in [-0.3, -0.25) is 43.2 Å². The number of amides is 9. The molecule has 1 fully saturated rings. The van der Waals surface area contributed by atoms with Gasteiger partial charge in [0.05, 0.1) is 13.2 Å². The highest BCUT2D eigenvalue weighted by atomic mass is 16.3. The van der Waals surface area contributed by atoms with Gasteiger partial charge in [0, 0.05) is 44.1 Å². The number of phenolic OH excluding ortho intramolecular Hbond substituents is 2. The van der Waals surface area contributed by atoms with Crippen LogP contribution in [0.5, 0.6) is 11.5 Å². The Morgan fingerprint density at radius 3 is 1.95 bits per heavy atom. The van der Waals surface area contributed by atoms with Crippen molar-refractivity contribution in [3.63, 3.8) is 0 Å². The van der Waals surface area contributed by atoms with Crippen LogP contribution >= 0.6 is 0 Å². The van der Waals surface area contributed by atoms with E-state index in [4.69, 9.17) is 5.73 Å². The lowest BCUT2D eigenvalue weighted by atomic mass is 9.93. The van der Waals surface area contributed by atoms with E-state index in [1.165, 1.54) is 125 Å². The predicted octanol–water partition coefficient (Wildman–Crippen LogP) is 3.10. The number of hydrogen-bond donors (Lipinski definition) is 9. The molecule has 0 spiro atoms. The Balaban J connectivity index is 1.40. The largest absolute Gasteiger partial charge is 0.507 e. The maximum absolute atomic E-state index is 14.3. The van der Waals surface area contributed by atoms with Crippen LogP contribution in [-0.2, 0) is 49.6 Å². The second-order valence-corrected chi connectivity index (χ2v) is 20.2. The zero-order chi connectivity index (χ0) is 56.1. The molecule has 7 atom stereocenters. The molecule has 0 aromatic heterocycles. The number of rotatable bonds is 27. The third-order valence-electron chi connectivity index (χ3n) is 14.3. The molecule has 21 heteroatoms. The summed E-state index contributed by atoms with van der Waals surface area (Å²) in [6.07, 6.45) is 16.0. The average Bonchev–Trinajstić information content (AvgIpc) is 3.89. The zero-order valence-electron chi connectivity index (χ0n) is 45.3. The first-order valence-corrected chi connectivity index (χ1v) is 27.1. The molecule has 76 heavy (non-hydrogen) atoms. The third-order valence-corrected chi connectivity index (χ3v) is 14.3. The van der Waals surface area contributed by atoms with E-state index in [0.29, 0.717) is 24.8 Å². The normalized spacial score (nSPS) is 18.7. The molecule has 0 saturated carbocycles. The first-order valence-electron chi connectivity index (χ1n) is 27.1. The van der Waals surface area contributed by atoms with Crippen LogP contribution in [0.15, 0.2) is 36.4 Å². The first kappa shape index (κ1) is 61.8. The quantitative estimate of drug-likeness (QED) is 0.0584. The number of aromatic hydroxyl groups is 2. The molecular formula is C55H83N9O12. The molecule has 10 N–H and O–H groups in total. The summed E-state index contributed by atoms with van der Waals surface area (Å²) in [6, 6.07) is -0.351. The predicted molar refractivity (Wildman–Crippen MR) is 285 cm³/mol. The standard InChI is InChI=1S/C55H83N9O12/c1-7-9-10-11-12-13-14-15-16-17-18-19-20-23-46(68)63(8-2)43(33-65)53(74)58-34(3)50(71)57-32-47(69)62(6)48-38-25-27-45(67)40(31-38)39-29-37(24-26-44(39)66)30-41(61-51(72)35(4)59-54(48)75)52(73)60-36(5)55(76)64-28-21-22-42(64)49(56)70/h24-27,29,31,34-36,41-43,48,65-67H,7-23,28,30,32-33H2,1-6H3,(H2,56,70)(H,57,71)(H,58,74)(H,59,75)(H,60,73)(H,61,72). The van der Waals surface area contributed by atoms with Gasteiger partial charge in [0.15, 0.2) is 0 Å². The van der Waals surface area contributed by atoms with Crippen molar-refractivity contribution < 1.29 is 58.5 Å². The molecule has 2 aliphatic rings. The molecule has 2 aromatic carbocycles. The lowest BCUT2D eigenvalue weighted by molar-refractivity contribution is -0.143. The summed E-state index contributed by atoms with van der Waals surface area (Å²) in [4.78, 5) is 125. The van der Waals surface area contributed by atoms with Crippen LogP contribution in [-0.4, -0.2) is 153 Å². The molecule has 2 aromatic rings. The number of unbranched alkanes of at least 4 members (excludes halogenated alkanes) is 12. The summed E-state index contributed by atoms with van der Waals surface area (Å²) in [5.74, 6) is -6.97. The summed E-state index contributed by atoms with van der Waals surface area (Å²) in [7, 11) is 1.28. The number of phenols is 2. The van der Waals surface area contributed by atoms with Crippen molar-refractivity contribution in [3.8, 4) is 22.6 Å². The smallest absolute Gasteiger partial charge is 0.248 e. The monoisotopic (exact) mass is 1060 g/mol. The van der Waals surface area contributed by atoms with Crippen molar-refractivity contribution in [2.75, 3.05) is 33.3 Å². The molecule has 0 aliphatic carbocycles. The second kappa shape index (κ2) is 30.7. The Morgan fingerprint density at radius 1 is 0.763 bits per heavy atom. The van der Waals surface area contributed by atoms with Crippen molar-refractivity contribution in [1.82, 2.24) is 41.3 Å². The third kappa shape index (κ3) is 17.7. The molecule has 21 nitrogen and oxygen atoms in total. The lowest BCUT2D eigenvalue weighted by Gasteiger charge is -2.31. The van der Waals surface area contributed by atoms with Crippen molar-refractivity contribution in [2.45, 2.75) is 186 Å². The van der Waals surface area contributed by atoms with E-state index >= 15 is 0 Å². The number of carbonyl (C=O) groups excluding carboxylic acids is 9. The summed E-state index contributed by atoms with van der Waals surface area (Å²) in [5.41, 5.74) is 6.17. The van der Waals surface area contributed by atoms with Crippen molar-refractivity contribution in [1.29, 1.82) is 0 Å². The Kier molecular flexibility index (Phi) is 25.0. The highest BCUT2D eigenvalue weighted by molar-refractivity contribution is 5.98. The molecule has 1 saturated heterocycles. The number of fused-ring (bicyclic) bond motifs is 5. The van der Waals surface area contributed by atoms with Gasteiger partial charge >= 0.3 is 0 Å². The van der Waals surface area contributed by atoms with E-state index in [0.717, 1.165) is 30.6 Å². The molecular weight excluding hydrogens is 979 g/mol. The first-order chi connectivity index (χ1) is 36.2. The van der Waals surface area contributed by atoms with Crippen LogP contribution in [0, 0.1) is 0 Å². The van der Waals surface area contributed by atoms with E-state index in [1.54, 1.807) is 6.92 Å². The van der Waals surface area contributed by atoms with E-state index in [-0.39, 0.29) is 60.0 Å². The summed E-state index contributed by atoms with van der Waals surface area (Å²) < 4.78 is 0. The Bertz CT molecular complexity index is 2350. The maximum Gasteiger partial charge on any atom is 0.248 e. The molecule has 2 heterocycles. The lowest BCUT2D eigenvalue weighted by Crippen LogP contribution is -2.58. The van der Waals surface area contributed by atoms with Gasteiger partial charge in [-0.05, 0) is 82.3 Å². The van der Waals surface area contributed by atoms with Gasteiger partial charge in [0.25, 0.3) is 0 Å². The Morgan fingerprint density at radius 2 is 1.36 bits per heavy atom. The minimum atomic E-state index is -1.52.